The van der Waals surface area contributed by atoms with Crippen molar-refractivity contribution in [2.75, 3.05) is 7.11 Å². The molecule has 4 rings (SSSR count). The van der Waals surface area contributed by atoms with E-state index < -0.39 is 29.3 Å². The average molecular weight is 519 g/mol. The molecule has 210 valence electrons. The minimum atomic E-state index is -1.08. The van der Waals surface area contributed by atoms with Crippen LogP contribution < -0.4 is 0 Å². The van der Waals surface area contributed by atoms with Crippen molar-refractivity contribution in [2.45, 2.75) is 124 Å². The first-order valence-corrected chi connectivity index (χ1v) is 14.3. The second-order valence-corrected chi connectivity index (χ2v) is 14.7. The summed E-state index contributed by atoms with van der Waals surface area (Å²) in [6.45, 7) is 16.4. The summed E-state index contributed by atoms with van der Waals surface area (Å²) in [6.07, 6.45) is 1.58. The Morgan fingerprint density at radius 1 is 1.08 bits per heavy atom. The Hall–Kier alpha value is -1.08. The Morgan fingerprint density at radius 2 is 1.70 bits per heavy atom. The molecule has 6 nitrogen and oxygen atoms in total. The predicted octanol–water partition coefficient (Wildman–Crippen LogP) is 4.63. The third-order valence-electron chi connectivity index (χ3n) is 12.2. The maximum atomic E-state index is 13.7. The maximum Gasteiger partial charge on any atom is 0.160 e. The van der Waals surface area contributed by atoms with Gasteiger partial charge in [0.15, 0.2) is 5.78 Å². The molecule has 0 spiro atoms. The summed E-state index contributed by atoms with van der Waals surface area (Å²) in [7, 11) is 1.51. The monoisotopic (exact) mass is 518 g/mol. The van der Waals surface area contributed by atoms with Crippen LogP contribution in [0.3, 0.4) is 0 Å². The molecule has 9 atom stereocenters. The zero-order valence-electron chi connectivity index (χ0n) is 24.5. The van der Waals surface area contributed by atoms with Gasteiger partial charge >= 0.3 is 0 Å². The summed E-state index contributed by atoms with van der Waals surface area (Å²) in [5.41, 5.74) is -0.311. The van der Waals surface area contributed by atoms with Crippen LogP contribution in [0, 0.1) is 39.4 Å². The van der Waals surface area contributed by atoms with Gasteiger partial charge in [0.05, 0.1) is 17.8 Å². The number of allylic oxidation sites excluding steroid dienone is 1. The van der Waals surface area contributed by atoms with Gasteiger partial charge in [-0.2, -0.15) is 0 Å². The van der Waals surface area contributed by atoms with Crippen molar-refractivity contribution in [1.29, 1.82) is 0 Å². The predicted molar refractivity (Wildman–Crippen MR) is 143 cm³/mol. The highest BCUT2D eigenvalue weighted by Crippen LogP contribution is 2.73. The fourth-order valence-corrected chi connectivity index (χ4v) is 9.73. The van der Waals surface area contributed by atoms with Crippen LogP contribution in [0.1, 0.15) is 100 Å². The molecule has 4 aliphatic rings. The topological polar surface area (TPSA) is 104 Å². The molecule has 0 saturated heterocycles. The maximum absolute atomic E-state index is 13.7. The van der Waals surface area contributed by atoms with Gasteiger partial charge in [-0.25, -0.2) is 0 Å². The molecule has 0 aromatic carbocycles. The van der Waals surface area contributed by atoms with E-state index in [1.54, 1.807) is 13.8 Å². The fourth-order valence-electron chi connectivity index (χ4n) is 9.73. The van der Waals surface area contributed by atoms with E-state index in [4.69, 9.17) is 4.74 Å². The molecule has 37 heavy (non-hydrogen) atoms. The lowest BCUT2D eigenvalue weighted by molar-refractivity contribution is -0.208. The standard InChI is InChI=1S/C31H50O6/c1-17(14-20(33)26(36)28(4,5)37-9)24-18-15-19(32)25-29(6)12-11-23(35)27(2,3)22(29)10-13-30(25,7)31(18,8)16-21(24)34/h17,19-20,22,25-26,32-33,36H,10-16H2,1-9H3/t17-,19+,20-,22+,25+,26-,29+,30+,31+/m1/s1. The van der Waals surface area contributed by atoms with E-state index in [0.29, 0.717) is 25.0 Å². The molecule has 0 amide bonds. The minimum Gasteiger partial charge on any atom is -0.392 e. The van der Waals surface area contributed by atoms with Crippen LogP contribution >= 0.6 is 0 Å². The molecule has 0 aromatic heterocycles. The van der Waals surface area contributed by atoms with Gasteiger partial charge in [-0.15, -0.1) is 0 Å². The van der Waals surface area contributed by atoms with Crippen LogP contribution in [0.2, 0.25) is 0 Å². The number of hydrogen-bond donors (Lipinski definition) is 3. The molecule has 0 aliphatic heterocycles. The van der Waals surface area contributed by atoms with Gasteiger partial charge < -0.3 is 20.1 Å². The molecule has 0 bridgehead atoms. The summed E-state index contributed by atoms with van der Waals surface area (Å²) in [4.78, 5) is 26.6. The largest absolute Gasteiger partial charge is 0.392 e. The first kappa shape index (κ1) is 28.9. The number of carbonyl (C=O) groups excluding carboxylic acids is 2. The average Bonchev–Trinajstić information content (AvgIpc) is 3.06. The highest BCUT2D eigenvalue weighted by molar-refractivity contribution is 6.00. The van der Waals surface area contributed by atoms with Crippen LogP contribution in [0.25, 0.3) is 0 Å². The number of hydrogen-bond acceptors (Lipinski definition) is 6. The van der Waals surface area contributed by atoms with E-state index >= 15 is 0 Å². The van der Waals surface area contributed by atoms with E-state index in [0.717, 1.165) is 30.4 Å². The normalized spacial score (nSPS) is 42.1. The van der Waals surface area contributed by atoms with Crippen molar-refractivity contribution >= 4 is 11.6 Å². The van der Waals surface area contributed by atoms with E-state index in [1.807, 2.05) is 6.92 Å². The number of aliphatic hydroxyl groups excluding tert-OH is 3. The zero-order chi connectivity index (χ0) is 27.9. The molecule has 0 heterocycles. The lowest BCUT2D eigenvalue weighted by Gasteiger charge is -2.68. The van der Waals surface area contributed by atoms with Gasteiger partial charge in [-0.05, 0) is 80.1 Å². The Balaban J connectivity index is 1.71. The number of fused-ring (bicyclic) bond motifs is 5. The van der Waals surface area contributed by atoms with E-state index in [9.17, 15) is 24.9 Å². The lowest BCUT2D eigenvalue weighted by atomic mass is 9.36. The first-order valence-electron chi connectivity index (χ1n) is 14.3. The quantitative estimate of drug-likeness (QED) is 0.474. The Kier molecular flexibility index (Phi) is 7.01. The van der Waals surface area contributed by atoms with Gasteiger partial charge in [0, 0.05) is 30.8 Å². The van der Waals surface area contributed by atoms with Gasteiger partial charge in [0.25, 0.3) is 0 Å². The number of rotatable bonds is 6. The summed E-state index contributed by atoms with van der Waals surface area (Å²) < 4.78 is 5.37. The molecule has 0 radical (unpaired) electrons. The second kappa shape index (κ2) is 8.97. The molecule has 3 saturated carbocycles. The summed E-state index contributed by atoms with van der Waals surface area (Å²) in [5.74, 6) is 0.433. The Morgan fingerprint density at radius 3 is 2.30 bits per heavy atom. The third kappa shape index (κ3) is 3.95. The van der Waals surface area contributed by atoms with Gasteiger partial charge in [-0.3, -0.25) is 9.59 Å². The molecular formula is C31H50O6. The third-order valence-corrected chi connectivity index (χ3v) is 12.2. The summed E-state index contributed by atoms with van der Waals surface area (Å²) >= 11 is 0. The van der Waals surface area contributed by atoms with Crippen molar-refractivity contribution in [1.82, 2.24) is 0 Å². The summed E-state index contributed by atoms with van der Waals surface area (Å²) in [6, 6.07) is 0. The van der Waals surface area contributed by atoms with Crippen molar-refractivity contribution in [2.24, 2.45) is 39.4 Å². The van der Waals surface area contributed by atoms with Gasteiger partial charge in [0.1, 0.15) is 11.9 Å². The van der Waals surface area contributed by atoms with Crippen LogP contribution in [-0.4, -0.2) is 57.9 Å². The molecule has 0 aromatic rings. The van der Waals surface area contributed by atoms with Crippen molar-refractivity contribution in [3.05, 3.63) is 11.1 Å². The van der Waals surface area contributed by atoms with Crippen LogP contribution in [0.4, 0.5) is 0 Å². The molecule has 6 heteroatoms. The SMILES string of the molecule is COC(C)(C)[C@H](O)[C@H](O)C[C@@H](C)C1=C2C[C@H](O)[C@H]3[C@@]4(C)CCC(=O)C(C)(C)[C@@H]4CC[C@]3(C)[C@@]2(C)CC1=O. The van der Waals surface area contributed by atoms with Crippen molar-refractivity contribution < 1.29 is 29.6 Å². The van der Waals surface area contributed by atoms with Crippen LogP contribution in [-0.2, 0) is 14.3 Å². The number of aliphatic hydroxyl groups is 3. The Bertz CT molecular complexity index is 996. The highest BCUT2D eigenvalue weighted by Gasteiger charge is 2.70. The lowest BCUT2D eigenvalue weighted by Crippen LogP contribution is -2.65. The molecule has 3 N–H and O–H groups in total. The molecule has 4 aliphatic carbocycles. The minimum absolute atomic E-state index is 0.0113. The van der Waals surface area contributed by atoms with E-state index in [-0.39, 0.29) is 46.2 Å². The van der Waals surface area contributed by atoms with Crippen LogP contribution in [0.15, 0.2) is 11.1 Å². The number of ketones is 2. The molecular weight excluding hydrogens is 468 g/mol. The van der Waals surface area contributed by atoms with Crippen LogP contribution in [0.5, 0.6) is 0 Å². The number of ether oxygens (including phenoxy) is 1. The molecule has 0 unspecified atom stereocenters. The number of carbonyl (C=O) groups is 2. The number of Topliss-reactive ketones (excluding diaryl/α,β-unsaturated/α-hetero) is 2. The zero-order valence-corrected chi connectivity index (χ0v) is 24.5. The molecule has 3 fully saturated rings. The first-order chi connectivity index (χ1) is 16.9. The fraction of sp³-hybridized carbons (Fsp3) is 0.871. The Labute approximate surface area is 223 Å². The van der Waals surface area contributed by atoms with Crippen molar-refractivity contribution in [3.8, 4) is 0 Å². The van der Waals surface area contributed by atoms with Gasteiger partial charge in [-0.1, -0.05) is 47.1 Å². The second-order valence-electron chi connectivity index (χ2n) is 14.7. The summed E-state index contributed by atoms with van der Waals surface area (Å²) in [5, 5.41) is 33.4. The van der Waals surface area contributed by atoms with E-state index in [1.165, 1.54) is 7.11 Å². The van der Waals surface area contributed by atoms with E-state index in [2.05, 4.69) is 34.6 Å². The van der Waals surface area contributed by atoms with Crippen molar-refractivity contribution in [3.63, 3.8) is 0 Å². The number of methoxy groups -OCH3 is 1. The highest BCUT2D eigenvalue weighted by atomic mass is 16.5. The smallest absolute Gasteiger partial charge is 0.160 e. The van der Waals surface area contributed by atoms with Gasteiger partial charge in [0.2, 0.25) is 0 Å².